The van der Waals surface area contributed by atoms with Crippen LogP contribution < -0.4 is 5.32 Å². The van der Waals surface area contributed by atoms with E-state index in [2.05, 4.69) is 17.1 Å². The zero-order valence-electron chi connectivity index (χ0n) is 15.1. The number of carbonyl (C=O) groups is 1. The van der Waals surface area contributed by atoms with Gasteiger partial charge in [-0.1, -0.05) is 24.6 Å². The van der Waals surface area contributed by atoms with Gasteiger partial charge in [0.25, 0.3) is 5.91 Å². The lowest BCUT2D eigenvalue weighted by atomic mass is 10.2. The van der Waals surface area contributed by atoms with E-state index in [4.69, 9.17) is 11.6 Å². The van der Waals surface area contributed by atoms with Crippen LogP contribution in [0.15, 0.2) is 53.4 Å². The maximum atomic E-state index is 12.9. The van der Waals surface area contributed by atoms with Crippen LogP contribution in [0.2, 0.25) is 5.02 Å². The SMILES string of the molecule is CCN1CCN(S(=O)(=O)c2cccc(NC(=O)c3ccc(Cl)cc3)c2)CC1. The van der Waals surface area contributed by atoms with Crippen LogP contribution >= 0.6 is 11.6 Å². The van der Waals surface area contributed by atoms with E-state index < -0.39 is 10.0 Å². The summed E-state index contributed by atoms with van der Waals surface area (Å²) >= 11 is 5.83. The van der Waals surface area contributed by atoms with E-state index in [1.807, 2.05) is 0 Å². The van der Waals surface area contributed by atoms with Crippen LogP contribution in [0.4, 0.5) is 5.69 Å². The molecule has 1 aliphatic heterocycles. The Morgan fingerprint density at radius 3 is 2.37 bits per heavy atom. The van der Waals surface area contributed by atoms with Crippen molar-refractivity contribution in [2.45, 2.75) is 11.8 Å². The lowest BCUT2D eigenvalue weighted by molar-refractivity contribution is 0.102. The average Bonchev–Trinajstić information content (AvgIpc) is 2.68. The summed E-state index contributed by atoms with van der Waals surface area (Å²) in [5.74, 6) is -0.322. The Morgan fingerprint density at radius 1 is 1.07 bits per heavy atom. The van der Waals surface area contributed by atoms with Gasteiger partial charge in [-0.25, -0.2) is 8.42 Å². The fraction of sp³-hybridized carbons (Fsp3) is 0.316. The zero-order valence-corrected chi connectivity index (χ0v) is 16.6. The molecular formula is C19H22ClN3O3S. The van der Waals surface area contributed by atoms with Gasteiger partial charge in [-0.05, 0) is 49.0 Å². The van der Waals surface area contributed by atoms with Crippen molar-refractivity contribution >= 4 is 33.2 Å². The van der Waals surface area contributed by atoms with Crippen LogP contribution in [-0.4, -0.2) is 56.3 Å². The molecule has 0 bridgehead atoms. The topological polar surface area (TPSA) is 69.7 Å². The fourth-order valence-electron chi connectivity index (χ4n) is 2.97. The van der Waals surface area contributed by atoms with Crippen LogP contribution in [-0.2, 0) is 10.0 Å². The number of piperazine rings is 1. The number of benzene rings is 2. The predicted octanol–water partition coefficient (Wildman–Crippen LogP) is 2.92. The molecule has 1 N–H and O–H groups in total. The first kappa shape index (κ1) is 19.8. The normalized spacial score (nSPS) is 16.2. The minimum Gasteiger partial charge on any atom is -0.322 e. The van der Waals surface area contributed by atoms with E-state index in [1.54, 1.807) is 42.5 Å². The standard InChI is InChI=1S/C19H22ClN3O3S/c1-2-22-10-12-23(13-11-22)27(25,26)18-5-3-4-17(14-18)21-19(24)15-6-8-16(20)9-7-15/h3-9,14H,2,10-13H2,1H3,(H,21,24). The summed E-state index contributed by atoms with van der Waals surface area (Å²) in [6, 6.07) is 12.8. The highest BCUT2D eigenvalue weighted by molar-refractivity contribution is 7.89. The molecular weight excluding hydrogens is 386 g/mol. The van der Waals surface area contributed by atoms with Crippen LogP contribution in [0.5, 0.6) is 0 Å². The van der Waals surface area contributed by atoms with Gasteiger partial charge in [-0.3, -0.25) is 4.79 Å². The van der Waals surface area contributed by atoms with Crippen LogP contribution in [0.3, 0.4) is 0 Å². The van der Waals surface area contributed by atoms with Crippen LogP contribution in [0.1, 0.15) is 17.3 Å². The van der Waals surface area contributed by atoms with E-state index in [0.717, 1.165) is 19.6 Å². The van der Waals surface area contributed by atoms with Gasteiger partial charge in [0.15, 0.2) is 0 Å². The third-order valence-electron chi connectivity index (χ3n) is 4.61. The Kier molecular flexibility index (Phi) is 6.16. The third-order valence-corrected chi connectivity index (χ3v) is 6.76. The minimum absolute atomic E-state index is 0.182. The predicted molar refractivity (Wildman–Crippen MR) is 107 cm³/mol. The lowest BCUT2D eigenvalue weighted by Crippen LogP contribution is -2.48. The van der Waals surface area contributed by atoms with Crippen molar-refractivity contribution in [2.75, 3.05) is 38.0 Å². The molecule has 0 aliphatic carbocycles. The molecule has 1 amide bonds. The Morgan fingerprint density at radius 2 is 1.74 bits per heavy atom. The number of sulfonamides is 1. The second-order valence-electron chi connectivity index (χ2n) is 6.33. The molecule has 0 atom stereocenters. The quantitative estimate of drug-likeness (QED) is 0.827. The summed E-state index contributed by atoms with van der Waals surface area (Å²) < 4.78 is 27.3. The van der Waals surface area contributed by atoms with Gasteiger partial charge in [0.1, 0.15) is 0 Å². The molecule has 1 aliphatic rings. The summed E-state index contributed by atoms with van der Waals surface area (Å²) in [4.78, 5) is 14.7. The first-order valence-electron chi connectivity index (χ1n) is 8.79. The molecule has 3 rings (SSSR count). The van der Waals surface area contributed by atoms with Crippen molar-refractivity contribution in [3.05, 3.63) is 59.1 Å². The van der Waals surface area contributed by atoms with E-state index in [9.17, 15) is 13.2 Å². The molecule has 144 valence electrons. The first-order valence-corrected chi connectivity index (χ1v) is 10.6. The second-order valence-corrected chi connectivity index (χ2v) is 8.70. The van der Waals surface area contributed by atoms with Crippen LogP contribution in [0, 0.1) is 0 Å². The smallest absolute Gasteiger partial charge is 0.255 e. The molecule has 2 aromatic carbocycles. The molecule has 6 nitrogen and oxygen atoms in total. The van der Waals surface area contributed by atoms with E-state index in [0.29, 0.717) is 29.4 Å². The Hall–Kier alpha value is -1.93. The third kappa shape index (κ3) is 4.68. The van der Waals surface area contributed by atoms with Gasteiger partial charge in [-0.15, -0.1) is 0 Å². The fourth-order valence-corrected chi connectivity index (χ4v) is 4.57. The molecule has 0 spiro atoms. The minimum atomic E-state index is -3.58. The summed E-state index contributed by atoms with van der Waals surface area (Å²) in [5, 5.41) is 3.28. The summed E-state index contributed by atoms with van der Waals surface area (Å²) in [5.41, 5.74) is 0.881. The van der Waals surface area contributed by atoms with E-state index in [1.165, 1.54) is 10.4 Å². The number of halogens is 1. The molecule has 0 saturated carbocycles. The zero-order chi connectivity index (χ0) is 19.4. The molecule has 8 heteroatoms. The molecule has 27 heavy (non-hydrogen) atoms. The second kappa shape index (κ2) is 8.39. The van der Waals surface area contributed by atoms with Crippen molar-refractivity contribution in [3.63, 3.8) is 0 Å². The number of likely N-dealkylation sites (N-methyl/N-ethyl adjacent to an activating group) is 1. The van der Waals surface area contributed by atoms with Gasteiger partial charge < -0.3 is 10.2 Å². The molecule has 0 radical (unpaired) electrons. The number of hydrogen-bond donors (Lipinski definition) is 1. The number of hydrogen-bond acceptors (Lipinski definition) is 4. The largest absolute Gasteiger partial charge is 0.322 e. The number of amides is 1. The maximum absolute atomic E-state index is 12.9. The monoisotopic (exact) mass is 407 g/mol. The molecule has 0 aromatic heterocycles. The van der Waals surface area contributed by atoms with Crippen molar-refractivity contribution in [1.29, 1.82) is 0 Å². The Bertz CT molecular complexity index is 908. The van der Waals surface area contributed by atoms with Crippen molar-refractivity contribution in [1.82, 2.24) is 9.21 Å². The summed E-state index contributed by atoms with van der Waals surface area (Å²) in [6.45, 7) is 5.37. The molecule has 1 heterocycles. The Labute approximate surface area is 164 Å². The molecule has 1 saturated heterocycles. The highest BCUT2D eigenvalue weighted by atomic mass is 35.5. The van der Waals surface area contributed by atoms with Gasteiger partial charge in [-0.2, -0.15) is 4.31 Å². The van der Waals surface area contributed by atoms with Gasteiger partial charge in [0.05, 0.1) is 4.90 Å². The van der Waals surface area contributed by atoms with Crippen molar-refractivity contribution in [2.24, 2.45) is 0 Å². The lowest BCUT2D eigenvalue weighted by Gasteiger charge is -2.33. The Balaban J connectivity index is 1.75. The molecule has 1 fully saturated rings. The first-order chi connectivity index (χ1) is 12.9. The van der Waals surface area contributed by atoms with Gasteiger partial charge in [0, 0.05) is 42.5 Å². The number of anilines is 1. The summed E-state index contributed by atoms with van der Waals surface area (Å²) in [7, 11) is -3.58. The van der Waals surface area contributed by atoms with Gasteiger partial charge in [0.2, 0.25) is 10.0 Å². The highest BCUT2D eigenvalue weighted by Gasteiger charge is 2.28. The van der Waals surface area contributed by atoms with Gasteiger partial charge >= 0.3 is 0 Å². The van der Waals surface area contributed by atoms with Crippen molar-refractivity contribution < 1.29 is 13.2 Å². The van der Waals surface area contributed by atoms with E-state index >= 15 is 0 Å². The number of nitrogens with one attached hydrogen (secondary N) is 1. The number of rotatable bonds is 5. The highest BCUT2D eigenvalue weighted by Crippen LogP contribution is 2.21. The number of carbonyl (C=O) groups excluding carboxylic acids is 1. The molecule has 0 unspecified atom stereocenters. The average molecular weight is 408 g/mol. The van der Waals surface area contributed by atoms with E-state index in [-0.39, 0.29) is 10.8 Å². The molecule has 2 aromatic rings. The summed E-state index contributed by atoms with van der Waals surface area (Å²) in [6.07, 6.45) is 0. The maximum Gasteiger partial charge on any atom is 0.255 e. The number of nitrogens with zero attached hydrogens (tertiary/aromatic N) is 2. The van der Waals surface area contributed by atoms with Crippen LogP contribution in [0.25, 0.3) is 0 Å². The van der Waals surface area contributed by atoms with Crippen molar-refractivity contribution in [3.8, 4) is 0 Å².